The lowest BCUT2D eigenvalue weighted by Crippen LogP contribution is -2.43. The van der Waals surface area contributed by atoms with E-state index >= 15 is 0 Å². The van der Waals surface area contributed by atoms with E-state index in [1.54, 1.807) is 29.2 Å². The Kier molecular flexibility index (Phi) is 6.53. The summed E-state index contributed by atoms with van der Waals surface area (Å²) in [6.45, 7) is 1.04. The molecule has 1 heterocycles. The summed E-state index contributed by atoms with van der Waals surface area (Å²) >= 11 is 0. The maximum Gasteiger partial charge on any atom is 0.251 e. The molecular formula is C22H24FN3O2. The van der Waals surface area contributed by atoms with E-state index in [2.05, 4.69) is 5.32 Å². The Morgan fingerprint density at radius 2 is 1.93 bits per heavy atom. The zero-order valence-corrected chi connectivity index (χ0v) is 15.7. The van der Waals surface area contributed by atoms with Gasteiger partial charge in [0.15, 0.2) is 0 Å². The van der Waals surface area contributed by atoms with Gasteiger partial charge in [-0.3, -0.25) is 9.59 Å². The predicted molar refractivity (Wildman–Crippen MR) is 106 cm³/mol. The van der Waals surface area contributed by atoms with E-state index in [1.165, 1.54) is 12.1 Å². The first-order chi connectivity index (χ1) is 13.5. The van der Waals surface area contributed by atoms with E-state index < -0.39 is 0 Å². The summed E-state index contributed by atoms with van der Waals surface area (Å²) in [6.07, 6.45) is 1.99. The summed E-state index contributed by atoms with van der Waals surface area (Å²) < 4.78 is 13.3. The highest BCUT2D eigenvalue weighted by Crippen LogP contribution is 2.18. The fraction of sp³-hybridized carbons (Fsp3) is 0.318. The Bertz CT molecular complexity index is 854. The number of carbonyl (C=O) groups is 2. The first-order valence-electron chi connectivity index (χ1n) is 9.46. The molecule has 2 N–H and O–H groups in total. The van der Waals surface area contributed by atoms with Crippen molar-refractivity contribution >= 4 is 17.5 Å². The van der Waals surface area contributed by atoms with Gasteiger partial charge in [0.2, 0.25) is 5.91 Å². The van der Waals surface area contributed by atoms with Crippen molar-refractivity contribution in [2.75, 3.05) is 13.1 Å². The van der Waals surface area contributed by atoms with Crippen molar-refractivity contribution in [3.63, 3.8) is 0 Å². The molecule has 0 saturated carbocycles. The van der Waals surface area contributed by atoms with Gasteiger partial charge in [-0.1, -0.05) is 30.3 Å². The zero-order valence-electron chi connectivity index (χ0n) is 15.7. The normalized spacial score (nSPS) is 16.0. The van der Waals surface area contributed by atoms with E-state index in [0.717, 1.165) is 12.8 Å². The highest BCUT2D eigenvalue weighted by atomic mass is 19.1. The Labute approximate surface area is 164 Å². The van der Waals surface area contributed by atoms with Crippen LogP contribution in [0.5, 0.6) is 0 Å². The second kappa shape index (κ2) is 9.26. The molecule has 0 aliphatic carbocycles. The van der Waals surface area contributed by atoms with Gasteiger partial charge in [-0.05, 0) is 42.7 Å². The smallest absolute Gasteiger partial charge is 0.251 e. The molecule has 0 unspecified atom stereocenters. The molecule has 2 aromatic carbocycles. The van der Waals surface area contributed by atoms with Gasteiger partial charge in [0, 0.05) is 36.8 Å². The first kappa shape index (κ1) is 19.7. The monoisotopic (exact) mass is 381 g/mol. The largest absolute Gasteiger partial charge is 0.350 e. The lowest BCUT2D eigenvalue weighted by Gasteiger charge is -2.25. The van der Waals surface area contributed by atoms with Gasteiger partial charge in [-0.15, -0.1) is 0 Å². The second-order valence-corrected chi connectivity index (χ2v) is 7.05. The quantitative estimate of drug-likeness (QED) is 0.723. The number of likely N-dealkylation sites (tertiary alicyclic amines) is 1. The molecule has 0 aromatic heterocycles. The second-order valence-electron chi connectivity index (χ2n) is 7.05. The van der Waals surface area contributed by atoms with E-state index in [-0.39, 0.29) is 42.2 Å². The molecule has 1 aliphatic rings. The van der Waals surface area contributed by atoms with Gasteiger partial charge >= 0.3 is 0 Å². The van der Waals surface area contributed by atoms with Gasteiger partial charge in [0.25, 0.3) is 5.91 Å². The third-order valence-corrected chi connectivity index (χ3v) is 4.90. The minimum absolute atomic E-state index is 0.0135. The molecule has 3 rings (SSSR count). The number of hydrogen-bond donors (Lipinski definition) is 2. The van der Waals surface area contributed by atoms with E-state index in [4.69, 9.17) is 5.41 Å². The van der Waals surface area contributed by atoms with E-state index in [1.807, 2.05) is 18.2 Å². The molecule has 2 aromatic rings. The molecule has 1 atom stereocenters. The summed E-state index contributed by atoms with van der Waals surface area (Å²) in [5.41, 5.74) is 1.54. The van der Waals surface area contributed by atoms with Crippen molar-refractivity contribution in [2.45, 2.75) is 31.7 Å². The van der Waals surface area contributed by atoms with Crippen molar-refractivity contribution in [3.8, 4) is 0 Å². The van der Waals surface area contributed by atoms with Crippen LogP contribution in [0.3, 0.4) is 0 Å². The van der Waals surface area contributed by atoms with Crippen molar-refractivity contribution < 1.29 is 14.0 Å². The fourth-order valence-electron chi connectivity index (χ4n) is 3.52. The van der Waals surface area contributed by atoms with Crippen LogP contribution in [0.1, 0.15) is 35.2 Å². The van der Waals surface area contributed by atoms with Gasteiger partial charge in [0.1, 0.15) is 5.82 Å². The third kappa shape index (κ3) is 5.25. The summed E-state index contributed by atoms with van der Waals surface area (Å²) in [5.74, 6) is -0.609. The number of carbonyl (C=O) groups excluding carboxylic acids is 2. The SMILES string of the molecule is N=C(CC(=O)N1CCC[C@H]1CNC(=O)c1ccccc1)Cc1cccc(F)c1. The number of nitrogens with zero attached hydrogens (tertiary/aromatic N) is 1. The fourth-order valence-corrected chi connectivity index (χ4v) is 3.52. The molecule has 28 heavy (non-hydrogen) atoms. The van der Waals surface area contributed by atoms with Crippen LogP contribution in [-0.2, 0) is 11.2 Å². The number of hydrogen-bond acceptors (Lipinski definition) is 3. The number of benzene rings is 2. The Balaban J connectivity index is 1.51. The summed E-state index contributed by atoms with van der Waals surface area (Å²) in [5, 5.41) is 11.0. The van der Waals surface area contributed by atoms with Crippen LogP contribution in [-0.4, -0.2) is 41.6 Å². The highest BCUT2D eigenvalue weighted by molar-refractivity contribution is 6.00. The molecule has 0 radical (unpaired) electrons. The van der Waals surface area contributed by atoms with Crippen molar-refractivity contribution in [1.29, 1.82) is 5.41 Å². The summed E-state index contributed by atoms with van der Waals surface area (Å²) in [6, 6.07) is 15.0. The van der Waals surface area contributed by atoms with Gasteiger partial charge in [-0.25, -0.2) is 4.39 Å². The van der Waals surface area contributed by atoms with Crippen molar-refractivity contribution in [3.05, 3.63) is 71.5 Å². The van der Waals surface area contributed by atoms with Crippen LogP contribution in [0.4, 0.5) is 4.39 Å². The molecule has 2 amide bonds. The van der Waals surface area contributed by atoms with Crippen LogP contribution < -0.4 is 5.32 Å². The molecule has 0 spiro atoms. The Hall–Kier alpha value is -3.02. The zero-order chi connectivity index (χ0) is 19.9. The molecular weight excluding hydrogens is 357 g/mol. The van der Waals surface area contributed by atoms with E-state index in [0.29, 0.717) is 24.2 Å². The summed E-state index contributed by atoms with van der Waals surface area (Å²) in [7, 11) is 0. The number of halogens is 1. The van der Waals surface area contributed by atoms with Crippen LogP contribution in [0.2, 0.25) is 0 Å². The molecule has 1 aliphatic heterocycles. The van der Waals surface area contributed by atoms with Crippen LogP contribution >= 0.6 is 0 Å². The lowest BCUT2D eigenvalue weighted by atomic mass is 10.1. The topological polar surface area (TPSA) is 73.3 Å². The first-order valence-corrected chi connectivity index (χ1v) is 9.46. The number of nitrogens with one attached hydrogen (secondary N) is 2. The van der Waals surface area contributed by atoms with Gasteiger partial charge < -0.3 is 15.6 Å². The van der Waals surface area contributed by atoms with Gasteiger partial charge in [0.05, 0.1) is 6.42 Å². The highest BCUT2D eigenvalue weighted by Gasteiger charge is 2.29. The number of amides is 2. The number of rotatable bonds is 7. The Morgan fingerprint density at radius 1 is 1.14 bits per heavy atom. The standard InChI is InChI=1S/C22H24FN3O2/c23-18-9-4-6-16(12-18)13-19(24)14-21(27)26-11-5-10-20(26)15-25-22(28)17-7-2-1-3-8-17/h1-4,6-9,12,20,24H,5,10-11,13-15H2,(H,25,28)/t20-/m0/s1. The van der Waals surface area contributed by atoms with Crippen molar-refractivity contribution in [2.24, 2.45) is 0 Å². The van der Waals surface area contributed by atoms with Crippen molar-refractivity contribution in [1.82, 2.24) is 10.2 Å². The maximum atomic E-state index is 13.3. The molecule has 146 valence electrons. The van der Waals surface area contributed by atoms with Crippen LogP contribution in [0.15, 0.2) is 54.6 Å². The van der Waals surface area contributed by atoms with Crippen LogP contribution in [0.25, 0.3) is 0 Å². The minimum atomic E-state index is -0.342. The van der Waals surface area contributed by atoms with Gasteiger partial charge in [-0.2, -0.15) is 0 Å². The third-order valence-electron chi connectivity index (χ3n) is 4.90. The minimum Gasteiger partial charge on any atom is -0.350 e. The molecule has 1 saturated heterocycles. The lowest BCUT2D eigenvalue weighted by molar-refractivity contribution is -0.130. The average Bonchev–Trinajstić information content (AvgIpc) is 3.15. The molecule has 0 bridgehead atoms. The molecule has 6 heteroatoms. The maximum absolute atomic E-state index is 13.3. The molecule has 5 nitrogen and oxygen atoms in total. The molecule has 1 fully saturated rings. The summed E-state index contributed by atoms with van der Waals surface area (Å²) in [4.78, 5) is 26.6. The predicted octanol–water partition coefficient (Wildman–Crippen LogP) is 3.20. The Morgan fingerprint density at radius 3 is 2.68 bits per heavy atom. The average molecular weight is 381 g/mol. The van der Waals surface area contributed by atoms with Crippen LogP contribution in [0, 0.1) is 11.2 Å². The van der Waals surface area contributed by atoms with E-state index in [9.17, 15) is 14.0 Å².